The van der Waals surface area contributed by atoms with Crippen molar-refractivity contribution in [2.75, 3.05) is 24.1 Å². The van der Waals surface area contributed by atoms with Gasteiger partial charge in [-0.3, -0.25) is 4.79 Å². The van der Waals surface area contributed by atoms with Crippen molar-refractivity contribution in [1.82, 2.24) is 10.3 Å². The average Bonchev–Trinajstić information content (AvgIpc) is 2.85. The number of carbonyl (C=O) groups is 2. The highest BCUT2D eigenvalue weighted by molar-refractivity contribution is 6.00. The molecule has 1 aliphatic heterocycles. The van der Waals surface area contributed by atoms with Gasteiger partial charge in [0.15, 0.2) is 0 Å². The molecule has 0 bridgehead atoms. The first kappa shape index (κ1) is 22.2. The van der Waals surface area contributed by atoms with Gasteiger partial charge in [-0.25, -0.2) is 14.2 Å². The summed E-state index contributed by atoms with van der Waals surface area (Å²) in [6, 6.07) is 15.6. The van der Waals surface area contributed by atoms with E-state index >= 15 is 0 Å². The molecule has 0 aliphatic carbocycles. The zero-order valence-corrected chi connectivity index (χ0v) is 17.8. The molecule has 1 atom stereocenters. The maximum Gasteiger partial charge on any atom is 0.343 e. The number of aromatic nitrogens is 1. The minimum absolute atomic E-state index is 0.0176. The van der Waals surface area contributed by atoms with Crippen molar-refractivity contribution in [3.63, 3.8) is 0 Å². The summed E-state index contributed by atoms with van der Waals surface area (Å²) in [5.41, 5.74) is 8.75. The van der Waals surface area contributed by atoms with Crippen LogP contribution in [-0.4, -0.2) is 29.9 Å². The standard InChI is InChI=1S/C25H23FN4O3/c26-19-6-8-20(9-7-19)30-24(31)22(17-4-2-1-3-5-17)33-25(32)21-14-18(15-29-23(21)27)16-10-12-28-13-11-16/h1-10,14-15,22,28H,11-13H2,(H2,27,29)(H,30,31)/t22-/m1/s1. The first-order valence-corrected chi connectivity index (χ1v) is 10.5. The summed E-state index contributed by atoms with van der Waals surface area (Å²) < 4.78 is 18.8. The van der Waals surface area contributed by atoms with Crippen LogP contribution in [0.15, 0.2) is 72.9 Å². The number of hydrogen-bond acceptors (Lipinski definition) is 6. The summed E-state index contributed by atoms with van der Waals surface area (Å²) >= 11 is 0. The molecule has 1 amide bonds. The average molecular weight is 446 g/mol. The molecule has 8 heteroatoms. The van der Waals surface area contributed by atoms with E-state index in [1.165, 1.54) is 24.3 Å². The first-order chi connectivity index (χ1) is 16.0. The number of nitrogens with two attached hydrogens (primary N) is 1. The van der Waals surface area contributed by atoms with Crippen LogP contribution in [0.2, 0.25) is 0 Å². The number of rotatable bonds is 6. The Kier molecular flexibility index (Phi) is 6.75. The summed E-state index contributed by atoms with van der Waals surface area (Å²) in [7, 11) is 0. The van der Waals surface area contributed by atoms with E-state index in [9.17, 15) is 14.0 Å². The molecule has 7 nitrogen and oxygen atoms in total. The maximum atomic E-state index is 13.2. The fraction of sp³-hybridized carbons (Fsp3) is 0.160. The number of halogens is 1. The van der Waals surface area contributed by atoms with Gasteiger partial charge in [0.05, 0.1) is 0 Å². The van der Waals surface area contributed by atoms with Gasteiger partial charge in [-0.1, -0.05) is 36.4 Å². The Hall–Kier alpha value is -4.04. The molecule has 4 rings (SSSR count). The van der Waals surface area contributed by atoms with Gasteiger partial charge in [0.2, 0.25) is 6.10 Å². The normalized spacial score (nSPS) is 14.2. The molecule has 33 heavy (non-hydrogen) atoms. The van der Waals surface area contributed by atoms with Gasteiger partial charge in [-0.05, 0) is 54.4 Å². The summed E-state index contributed by atoms with van der Waals surface area (Å²) in [5.74, 6) is -1.75. The van der Waals surface area contributed by atoms with E-state index in [1.54, 1.807) is 42.6 Å². The van der Waals surface area contributed by atoms with E-state index in [-0.39, 0.29) is 11.4 Å². The first-order valence-electron chi connectivity index (χ1n) is 10.5. The lowest BCUT2D eigenvalue weighted by atomic mass is 10.0. The van der Waals surface area contributed by atoms with Crippen molar-refractivity contribution in [2.45, 2.75) is 12.5 Å². The SMILES string of the molecule is Nc1ncc(C2=CCNCC2)cc1C(=O)O[C@@H](C(=O)Nc1ccc(F)cc1)c1ccccc1. The monoisotopic (exact) mass is 446 g/mol. The third kappa shape index (κ3) is 5.42. The summed E-state index contributed by atoms with van der Waals surface area (Å²) in [6.45, 7) is 1.56. The molecule has 168 valence electrons. The van der Waals surface area contributed by atoms with Crippen molar-refractivity contribution in [2.24, 2.45) is 0 Å². The van der Waals surface area contributed by atoms with Crippen LogP contribution in [0.5, 0.6) is 0 Å². The lowest BCUT2D eigenvalue weighted by molar-refractivity contribution is -0.125. The summed E-state index contributed by atoms with van der Waals surface area (Å²) in [4.78, 5) is 30.3. The zero-order chi connectivity index (χ0) is 23.2. The number of pyridine rings is 1. The zero-order valence-electron chi connectivity index (χ0n) is 17.8. The van der Waals surface area contributed by atoms with Gasteiger partial charge in [0.1, 0.15) is 17.2 Å². The van der Waals surface area contributed by atoms with E-state index in [0.29, 0.717) is 11.3 Å². The Morgan fingerprint density at radius 2 is 1.88 bits per heavy atom. The second kappa shape index (κ2) is 10.1. The quantitative estimate of drug-likeness (QED) is 0.499. The Morgan fingerprint density at radius 3 is 2.58 bits per heavy atom. The van der Waals surface area contributed by atoms with Crippen LogP contribution in [0.4, 0.5) is 15.9 Å². The number of amides is 1. The third-order valence-electron chi connectivity index (χ3n) is 5.25. The number of ether oxygens (including phenoxy) is 1. The molecule has 0 saturated heterocycles. The number of anilines is 2. The largest absolute Gasteiger partial charge is 0.444 e. The van der Waals surface area contributed by atoms with E-state index in [2.05, 4.69) is 15.6 Å². The highest BCUT2D eigenvalue weighted by Crippen LogP contribution is 2.26. The van der Waals surface area contributed by atoms with Crippen LogP contribution in [0.25, 0.3) is 5.57 Å². The number of benzene rings is 2. The molecule has 0 radical (unpaired) electrons. The smallest absolute Gasteiger partial charge is 0.343 e. The highest BCUT2D eigenvalue weighted by atomic mass is 19.1. The number of nitrogens with zero attached hydrogens (tertiary/aromatic N) is 1. The van der Waals surface area contributed by atoms with Gasteiger partial charge >= 0.3 is 5.97 Å². The predicted octanol–water partition coefficient (Wildman–Crippen LogP) is 3.72. The van der Waals surface area contributed by atoms with Gasteiger partial charge in [-0.15, -0.1) is 0 Å². The van der Waals surface area contributed by atoms with Gasteiger partial charge < -0.3 is 21.1 Å². The van der Waals surface area contributed by atoms with E-state index < -0.39 is 23.8 Å². The highest BCUT2D eigenvalue weighted by Gasteiger charge is 2.27. The lowest BCUT2D eigenvalue weighted by Gasteiger charge is -2.19. The molecule has 2 heterocycles. The second-order valence-corrected chi connectivity index (χ2v) is 7.53. The molecule has 1 aromatic heterocycles. The topological polar surface area (TPSA) is 106 Å². The number of nitrogen functional groups attached to an aromatic ring is 1. The van der Waals surface area contributed by atoms with Crippen molar-refractivity contribution in [3.05, 3.63) is 95.4 Å². The van der Waals surface area contributed by atoms with Crippen molar-refractivity contribution in [1.29, 1.82) is 0 Å². The van der Waals surface area contributed by atoms with Gasteiger partial charge in [-0.2, -0.15) is 0 Å². The molecule has 4 N–H and O–H groups in total. The minimum Gasteiger partial charge on any atom is -0.444 e. The van der Waals surface area contributed by atoms with E-state index in [0.717, 1.165) is 30.6 Å². The second-order valence-electron chi connectivity index (χ2n) is 7.53. The Bertz CT molecular complexity index is 1180. The number of hydrogen-bond donors (Lipinski definition) is 3. The number of esters is 1. The van der Waals surface area contributed by atoms with Crippen molar-refractivity contribution in [3.8, 4) is 0 Å². The Labute approximate surface area is 190 Å². The molecular formula is C25H23FN4O3. The minimum atomic E-state index is -1.25. The Balaban J connectivity index is 1.59. The fourth-order valence-electron chi connectivity index (χ4n) is 3.51. The van der Waals surface area contributed by atoms with Crippen LogP contribution < -0.4 is 16.4 Å². The molecule has 2 aromatic carbocycles. The van der Waals surface area contributed by atoms with Crippen LogP contribution in [0.3, 0.4) is 0 Å². The molecular weight excluding hydrogens is 423 g/mol. The van der Waals surface area contributed by atoms with Crippen molar-refractivity contribution >= 4 is 29.0 Å². The predicted molar refractivity (Wildman–Crippen MR) is 124 cm³/mol. The molecule has 3 aromatic rings. The fourth-order valence-corrected chi connectivity index (χ4v) is 3.51. The molecule has 0 unspecified atom stereocenters. The van der Waals surface area contributed by atoms with Gasteiger partial charge in [0, 0.05) is 24.0 Å². The van der Waals surface area contributed by atoms with Crippen molar-refractivity contribution < 1.29 is 18.7 Å². The lowest BCUT2D eigenvalue weighted by Crippen LogP contribution is -2.26. The third-order valence-corrected chi connectivity index (χ3v) is 5.25. The van der Waals surface area contributed by atoms with Crippen LogP contribution in [0.1, 0.15) is 34.0 Å². The summed E-state index contributed by atoms with van der Waals surface area (Å²) in [6.07, 6.45) is 3.21. The molecule has 0 fully saturated rings. The van der Waals surface area contributed by atoms with E-state index in [1.807, 2.05) is 6.08 Å². The molecule has 0 saturated carbocycles. The van der Waals surface area contributed by atoms with Crippen LogP contribution in [0, 0.1) is 5.82 Å². The maximum absolute atomic E-state index is 13.2. The van der Waals surface area contributed by atoms with E-state index in [4.69, 9.17) is 10.5 Å². The van der Waals surface area contributed by atoms with Crippen LogP contribution in [-0.2, 0) is 9.53 Å². The number of nitrogens with one attached hydrogen (secondary N) is 2. The summed E-state index contributed by atoms with van der Waals surface area (Å²) in [5, 5.41) is 5.89. The van der Waals surface area contributed by atoms with Crippen LogP contribution >= 0.6 is 0 Å². The number of carbonyl (C=O) groups excluding carboxylic acids is 2. The van der Waals surface area contributed by atoms with Gasteiger partial charge in [0.25, 0.3) is 5.91 Å². The molecule has 1 aliphatic rings. The Morgan fingerprint density at radius 1 is 1.12 bits per heavy atom. The molecule has 0 spiro atoms.